The van der Waals surface area contributed by atoms with Crippen LogP contribution in [0.25, 0.3) is 0 Å². The monoisotopic (exact) mass is 344 g/mol. The van der Waals surface area contributed by atoms with Gasteiger partial charge in [-0.15, -0.1) is 11.3 Å². The Kier molecular flexibility index (Phi) is 5.46. The van der Waals surface area contributed by atoms with E-state index < -0.39 is 0 Å². The molecule has 0 aliphatic carbocycles. The number of hydrogen-bond donors (Lipinski definition) is 1. The number of halogens is 1. The highest BCUT2D eigenvalue weighted by molar-refractivity contribution is 9.11. The van der Waals surface area contributed by atoms with Gasteiger partial charge in [0, 0.05) is 17.0 Å². The van der Waals surface area contributed by atoms with E-state index in [1.165, 1.54) is 28.0 Å². The van der Waals surface area contributed by atoms with Gasteiger partial charge in [0.2, 0.25) is 0 Å². The highest BCUT2D eigenvalue weighted by Crippen LogP contribution is 2.38. The molecule has 0 bridgehead atoms. The minimum atomic E-state index is 0.227. The van der Waals surface area contributed by atoms with Crippen LogP contribution in [-0.4, -0.2) is 23.5 Å². The van der Waals surface area contributed by atoms with Crippen LogP contribution in [-0.2, 0) is 0 Å². The maximum absolute atomic E-state index is 6.45. The smallest absolute Gasteiger partial charge is 0.0702 e. The molecule has 1 fully saturated rings. The molecule has 0 spiro atoms. The molecule has 4 heteroatoms. The van der Waals surface area contributed by atoms with Crippen LogP contribution < -0.4 is 5.73 Å². The molecule has 1 aromatic heterocycles. The number of nitrogens with two attached hydrogens (primary N) is 1. The summed E-state index contributed by atoms with van der Waals surface area (Å²) in [6.07, 6.45) is 3.65. The molecule has 3 unspecified atom stereocenters. The second kappa shape index (κ2) is 6.70. The minimum absolute atomic E-state index is 0.227. The molecule has 1 aromatic rings. The first kappa shape index (κ1) is 15.5. The van der Waals surface area contributed by atoms with E-state index in [2.05, 4.69) is 53.7 Å². The van der Waals surface area contributed by atoms with E-state index in [1.807, 2.05) is 11.3 Å². The van der Waals surface area contributed by atoms with Crippen LogP contribution in [0.3, 0.4) is 0 Å². The number of likely N-dealkylation sites (tertiary alicyclic amines) is 1. The first-order chi connectivity index (χ1) is 9.04. The molecule has 1 aliphatic rings. The summed E-state index contributed by atoms with van der Waals surface area (Å²) in [5, 5.41) is 0. The molecule has 2 N–H and O–H groups in total. The highest BCUT2D eigenvalue weighted by atomic mass is 79.9. The fraction of sp³-hybridized carbons (Fsp3) is 0.733. The first-order valence-electron chi connectivity index (χ1n) is 7.31. The number of nitrogens with zero attached hydrogens (tertiary/aromatic N) is 1. The van der Waals surface area contributed by atoms with Crippen molar-refractivity contribution in [3.63, 3.8) is 0 Å². The third-order valence-corrected chi connectivity index (χ3v) is 5.93. The normalized spacial score (nSPS) is 24.0. The van der Waals surface area contributed by atoms with Gasteiger partial charge in [-0.1, -0.05) is 20.8 Å². The van der Waals surface area contributed by atoms with Crippen molar-refractivity contribution in [1.29, 1.82) is 0 Å². The third kappa shape index (κ3) is 3.41. The Morgan fingerprint density at radius 1 is 1.47 bits per heavy atom. The molecular weight excluding hydrogens is 320 g/mol. The lowest BCUT2D eigenvalue weighted by Crippen LogP contribution is -2.44. The van der Waals surface area contributed by atoms with E-state index in [4.69, 9.17) is 5.73 Å². The average Bonchev–Trinajstić information content (AvgIpc) is 2.99. The van der Waals surface area contributed by atoms with Crippen LogP contribution in [0.4, 0.5) is 0 Å². The van der Waals surface area contributed by atoms with Crippen LogP contribution in [0.2, 0.25) is 0 Å². The summed E-state index contributed by atoms with van der Waals surface area (Å²) < 4.78 is 1.20. The Balaban J connectivity index is 2.27. The molecule has 2 heterocycles. The molecular formula is C15H25BrN2S. The molecule has 1 saturated heterocycles. The Labute approximate surface area is 129 Å². The van der Waals surface area contributed by atoms with Gasteiger partial charge in [0.05, 0.1) is 9.83 Å². The van der Waals surface area contributed by atoms with Gasteiger partial charge < -0.3 is 5.73 Å². The maximum Gasteiger partial charge on any atom is 0.0702 e. The minimum Gasteiger partial charge on any atom is -0.326 e. The van der Waals surface area contributed by atoms with Gasteiger partial charge in [-0.3, -0.25) is 4.90 Å². The lowest BCUT2D eigenvalue weighted by molar-refractivity contribution is 0.127. The molecule has 0 radical (unpaired) electrons. The molecule has 3 atom stereocenters. The van der Waals surface area contributed by atoms with Gasteiger partial charge in [-0.2, -0.15) is 0 Å². The number of rotatable bonds is 5. The van der Waals surface area contributed by atoms with Gasteiger partial charge in [0.1, 0.15) is 0 Å². The van der Waals surface area contributed by atoms with Crippen molar-refractivity contribution >= 4 is 27.3 Å². The molecule has 19 heavy (non-hydrogen) atoms. The molecule has 108 valence electrons. The lowest BCUT2D eigenvalue weighted by atomic mass is 9.97. The second-order valence-electron chi connectivity index (χ2n) is 5.85. The van der Waals surface area contributed by atoms with Gasteiger partial charge in [0.15, 0.2) is 0 Å². The zero-order valence-electron chi connectivity index (χ0n) is 12.1. The van der Waals surface area contributed by atoms with Crippen molar-refractivity contribution in [2.45, 2.75) is 58.2 Å². The second-order valence-corrected chi connectivity index (χ2v) is 8.34. The zero-order valence-corrected chi connectivity index (χ0v) is 14.5. The van der Waals surface area contributed by atoms with Gasteiger partial charge >= 0.3 is 0 Å². The number of hydrogen-bond acceptors (Lipinski definition) is 3. The predicted octanol–water partition coefficient (Wildman–Crippen LogP) is 4.41. The van der Waals surface area contributed by atoms with Crippen molar-refractivity contribution < 1.29 is 0 Å². The van der Waals surface area contributed by atoms with Crippen LogP contribution in [0.5, 0.6) is 0 Å². The summed E-state index contributed by atoms with van der Waals surface area (Å²) in [6.45, 7) is 8.06. The summed E-state index contributed by atoms with van der Waals surface area (Å²) in [6, 6.07) is 5.69. The predicted molar refractivity (Wildman–Crippen MR) is 87.6 cm³/mol. The van der Waals surface area contributed by atoms with Crippen LogP contribution in [0.15, 0.2) is 15.9 Å². The Morgan fingerprint density at radius 3 is 2.74 bits per heavy atom. The van der Waals surface area contributed by atoms with Gasteiger partial charge in [-0.25, -0.2) is 0 Å². The van der Waals surface area contributed by atoms with E-state index in [-0.39, 0.29) is 6.04 Å². The topological polar surface area (TPSA) is 29.3 Å². The Hall–Kier alpha value is 0.1000. The SMILES string of the molecule is CCC(N)C(c1ccc(Br)s1)N1CCCC1C(C)C. The van der Waals surface area contributed by atoms with E-state index in [1.54, 1.807) is 0 Å². The molecule has 2 rings (SSSR count). The fourth-order valence-electron chi connectivity index (χ4n) is 3.21. The lowest BCUT2D eigenvalue weighted by Gasteiger charge is -2.37. The first-order valence-corrected chi connectivity index (χ1v) is 8.92. The fourth-order valence-corrected chi connectivity index (χ4v) is 4.83. The molecule has 0 amide bonds. The van der Waals surface area contributed by atoms with Crippen molar-refractivity contribution in [2.75, 3.05) is 6.54 Å². The van der Waals surface area contributed by atoms with E-state index in [0.717, 1.165) is 6.42 Å². The highest BCUT2D eigenvalue weighted by Gasteiger charge is 2.36. The number of thiophene rings is 1. The summed E-state index contributed by atoms with van der Waals surface area (Å²) in [5.74, 6) is 0.706. The summed E-state index contributed by atoms with van der Waals surface area (Å²) in [5.41, 5.74) is 6.45. The van der Waals surface area contributed by atoms with Crippen LogP contribution in [0, 0.1) is 5.92 Å². The van der Waals surface area contributed by atoms with Crippen LogP contribution >= 0.6 is 27.3 Å². The van der Waals surface area contributed by atoms with Crippen molar-refractivity contribution in [3.8, 4) is 0 Å². The van der Waals surface area contributed by atoms with Gasteiger partial charge in [0.25, 0.3) is 0 Å². The van der Waals surface area contributed by atoms with Crippen molar-refractivity contribution in [3.05, 3.63) is 20.8 Å². The standard InChI is InChI=1S/C15H25BrN2S/c1-4-11(17)15(13-7-8-14(16)19-13)18-9-5-6-12(18)10(2)3/h7-8,10-12,15H,4-6,9,17H2,1-3H3. The largest absolute Gasteiger partial charge is 0.326 e. The van der Waals surface area contributed by atoms with Crippen molar-refractivity contribution in [1.82, 2.24) is 4.90 Å². The molecule has 0 aromatic carbocycles. The van der Waals surface area contributed by atoms with Gasteiger partial charge in [-0.05, 0) is 59.8 Å². The van der Waals surface area contributed by atoms with E-state index in [0.29, 0.717) is 18.0 Å². The molecule has 0 saturated carbocycles. The molecule has 2 nitrogen and oxygen atoms in total. The summed E-state index contributed by atoms with van der Waals surface area (Å²) in [4.78, 5) is 4.07. The Morgan fingerprint density at radius 2 is 2.21 bits per heavy atom. The zero-order chi connectivity index (χ0) is 14.0. The average molecular weight is 345 g/mol. The van der Waals surface area contributed by atoms with Crippen LogP contribution in [0.1, 0.15) is 51.0 Å². The summed E-state index contributed by atoms with van der Waals surface area (Å²) >= 11 is 5.42. The summed E-state index contributed by atoms with van der Waals surface area (Å²) in [7, 11) is 0. The van der Waals surface area contributed by atoms with E-state index >= 15 is 0 Å². The van der Waals surface area contributed by atoms with Crippen molar-refractivity contribution in [2.24, 2.45) is 11.7 Å². The Bertz CT molecular complexity index is 405. The maximum atomic E-state index is 6.45. The quantitative estimate of drug-likeness (QED) is 0.856. The van der Waals surface area contributed by atoms with E-state index in [9.17, 15) is 0 Å². The molecule has 1 aliphatic heterocycles. The third-order valence-electron chi connectivity index (χ3n) is 4.23.